The van der Waals surface area contributed by atoms with Gasteiger partial charge in [-0.15, -0.1) is 0 Å². The van der Waals surface area contributed by atoms with Gasteiger partial charge in [0.15, 0.2) is 0 Å². The van der Waals surface area contributed by atoms with Gasteiger partial charge in [-0.25, -0.2) is 9.18 Å². The Labute approximate surface area is 146 Å². The van der Waals surface area contributed by atoms with Crippen LogP contribution in [0.3, 0.4) is 0 Å². The van der Waals surface area contributed by atoms with Crippen molar-refractivity contribution in [2.45, 2.75) is 32.4 Å². The van der Waals surface area contributed by atoms with Crippen LogP contribution in [0.4, 0.5) is 14.9 Å². The molecule has 0 saturated carbocycles. The number of halogens is 1. The molecule has 6 heteroatoms. The maximum absolute atomic E-state index is 12.9. The van der Waals surface area contributed by atoms with Crippen molar-refractivity contribution in [2.24, 2.45) is 0 Å². The summed E-state index contributed by atoms with van der Waals surface area (Å²) in [5.41, 5.74) is 1.47. The molecule has 5 nitrogen and oxygen atoms in total. The Morgan fingerprint density at radius 2 is 2.00 bits per heavy atom. The summed E-state index contributed by atoms with van der Waals surface area (Å²) in [6.07, 6.45) is 1.36. The first-order chi connectivity index (χ1) is 12.1. The summed E-state index contributed by atoms with van der Waals surface area (Å²) in [5, 5.41) is 14.4. The van der Waals surface area contributed by atoms with E-state index in [9.17, 15) is 9.18 Å². The molecule has 0 saturated heterocycles. The van der Waals surface area contributed by atoms with Crippen LogP contribution in [0.2, 0.25) is 0 Å². The number of ether oxygens (including phenoxy) is 1. The number of carbonyl (C=O) groups is 1. The van der Waals surface area contributed by atoms with Crippen molar-refractivity contribution in [1.82, 2.24) is 5.32 Å². The van der Waals surface area contributed by atoms with Crippen LogP contribution in [0.25, 0.3) is 0 Å². The van der Waals surface area contributed by atoms with E-state index < -0.39 is 0 Å². The monoisotopic (exact) mass is 346 g/mol. The van der Waals surface area contributed by atoms with Crippen LogP contribution in [0.5, 0.6) is 5.75 Å². The van der Waals surface area contributed by atoms with Crippen molar-refractivity contribution >= 4 is 11.7 Å². The van der Waals surface area contributed by atoms with Gasteiger partial charge in [-0.05, 0) is 49.6 Å². The molecule has 1 atom stereocenters. The molecule has 2 amide bonds. The van der Waals surface area contributed by atoms with Crippen LogP contribution in [0, 0.1) is 5.82 Å². The summed E-state index contributed by atoms with van der Waals surface area (Å²) in [6.45, 7) is 2.31. The number of carbonyl (C=O) groups excluding carboxylic acids is 1. The number of hydrogen-bond donors (Lipinski definition) is 3. The number of amides is 2. The van der Waals surface area contributed by atoms with Crippen molar-refractivity contribution in [3.63, 3.8) is 0 Å². The van der Waals surface area contributed by atoms with Crippen molar-refractivity contribution in [1.29, 1.82) is 0 Å². The third kappa shape index (κ3) is 6.81. The van der Waals surface area contributed by atoms with E-state index in [1.807, 2.05) is 6.92 Å². The van der Waals surface area contributed by atoms with Crippen LogP contribution < -0.4 is 15.4 Å². The highest BCUT2D eigenvalue weighted by molar-refractivity contribution is 5.89. The number of urea groups is 1. The smallest absolute Gasteiger partial charge is 0.319 e. The lowest BCUT2D eigenvalue weighted by Crippen LogP contribution is -2.36. The Bertz CT molecular complexity index is 677. The van der Waals surface area contributed by atoms with Crippen molar-refractivity contribution < 1.29 is 19.0 Å². The molecule has 2 aromatic rings. The van der Waals surface area contributed by atoms with E-state index in [0.717, 1.165) is 5.56 Å². The fraction of sp³-hybridized carbons (Fsp3) is 0.316. The summed E-state index contributed by atoms with van der Waals surface area (Å²) >= 11 is 0. The molecule has 0 aliphatic heterocycles. The number of anilines is 1. The number of benzene rings is 2. The van der Waals surface area contributed by atoms with Crippen molar-refractivity contribution in [2.75, 3.05) is 11.9 Å². The summed E-state index contributed by atoms with van der Waals surface area (Å²) in [6, 6.07) is 12.8. The minimum atomic E-state index is -0.305. The molecular weight excluding hydrogens is 323 g/mol. The summed E-state index contributed by atoms with van der Waals surface area (Å²) in [7, 11) is 0. The number of aliphatic hydroxyl groups excluding tert-OH is 1. The molecule has 3 N–H and O–H groups in total. The number of aliphatic hydroxyl groups is 1. The average molecular weight is 346 g/mol. The molecular formula is C19H23FN2O3. The van der Waals surface area contributed by atoms with Crippen LogP contribution in [-0.4, -0.2) is 23.8 Å². The third-order valence-corrected chi connectivity index (χ3v) is 3.58. The number of hydrogen-bond acceptors (Lipinski definition) is 3. The standard InChI is InChI=1S/C19H23FN2O3/c1-14(4-3-11-23)21-19(24)22-17-5-2-6-18(12-17)25-13-15-7-9-16(20)10-8-15/h2,5-10,12,14,23H,3-4,11,13H2,1H3,(H2,21,22,24). The second-order valence-electron chi connectivity index (χ2n) is 5.81. The van der Waals surface area contributed by atoms with Crippen LogP contribution in [0.15, 0.2) is 48.5 Å². The van der Waals surface area contributed by atoms with Gasteiger partial charge in [0.1, 0.15) is 18.2 Å². The summed E-state index contributed by atoms with van der Waals surface area (Å²) < 4.78 is 18.6. The molecule has 2 rings (SSSR count). The highest BCUT2D eigenvalue weighted by Gasteiger charge is 2.07. The molecule has 134 valence electrons. The maximum Gasteiger partial charge on any atom is 0.319 e. The van der Waals surface area contributed by atoms with Crippen LogP contribution in [-0.2, 0) is 6.61 Å². The predicted octanol–water partition coefficient (Wildman–Crippen LogP) is 3.69. The van der Waals surface area contributed by atoms with E-state index in [0.29, 0.717) is 30.9 Å². The Balaban J connectivity index is 1.85. The average Bonchev–Trinajstić information content (AvgIpc) is 2.59. The molecule has 0 aromatic heterocycles. The van der Waals surface area contributed by atoms with E-state index in [1.165, 1.54) is 12.1 Å². The maximum atomic E-state index is 12.9. The summed E-state index contributed by atoms with van der Waals surface area (Å²) in [5.74, 6) is 0.324. The lowest BCUT2D eigenvalue weighted by atomic mass is 10.2. The molecule has 0 heterocycles. The number of rotatable bonds is 8. The fourth-order valence-corrected chi connectivity index (χ4v) is 2.27. The second-order valence-corrected chi connectivity index (χ2v) is 5.81. The largest absolute Gasteiger partial charge is 0.489 e. The Morgan fingerprint density at radius 3 is 2.72 bits per heavy atom. The molecule has 0 aliphatic carbocycles. The van der Waals surface area contributed by atoms with Gasteiger partial charge in [0.2, 0.25) is 0 Å². The van der Waals surface area contributed by atoms with E-state index >= 15 is 0 Å². The lowest BCUT2D eigenvalue weighted by Gasteiger charge is -2.14. The summed E-state index contributed by atoms with van der Waals surface area (Å²) in [4.78, 5) is 11.9. The molecule has 2 aromatic carbocycles. The molecule has 0 aliphatic rings. The normalized spacial score (nSPS) is 11.6. The predicted molar refractivity (Wildman–Crippen MR) is 95.1 cm³/mol. The molecule has 0 bridgehead atoms. The van der Waals surface area contributed by atoms with Gasteiger partial charge in [-0.2, -0.15) is 0 Å². The van der Waals surface area contributed by atoms with Crippen molar-refractivity contribution in [3.05, 3.63) is 59.9 Å². The molecule has 0 spiro atoms. The lowest BCUT2D eigenvalue weighted by molar-refractivity contribution is 0.245. The first-order valence-electron chi connectivity index (χ1n) is 8.22. The first-order valence-corrected chi connectivity index (χ1v) is 8.22. The highest BCUT2D eigenvalue weighted by atomic mass is 19.1. The number of nitrogens with one attached hydrogen (secondary N) is 2. The van der Waals surface area contributed by atoms with Crippen LogP contribution in [0.1, 0.15) is 25.3 Å². The van der Waals surface area contributed by atoms with E-state index in [2.05, 4.69) is 10.6 Å². The molecule has 0 radical (unpaired) electrons. The van der Waals surface area contributed by atoms with Gasteiger partial charge in [0, 0.05) is 24.4 Å². The van der Waals surface area contributed by atoms with Gasteiger partial charge in [0.05, 0.1) is 0 Å². The second kappa shape index (κ2) is 9.64. The zero-order chi connectivity index (χ0) is 18.1. The van der Waals surface area contributed by atoms with Crippen LogP contribution >= 0.6 is 0 Å². The van der Waals surface area contributed by atoms with Gasteiger partial charge >= 0.3 is 6.03 Å². The topological polar surface area (TPSA) is 70.6 Å². The van der Waals surface area contributed by atoms with E-state index in [1.54, 1.807) is 36.4 Å². The Morgan fingerprint density at radius 1 is 1.24 bits per heavy atom. The quantitative estimate of drug-likeness (QED) is 0.683. The van der Waals surface area contributed by atoms with Gasteiger partial charge < -0.3 is 20.5 Å². The van der Waals surface area contributed by atoms with Crippen molar-refractivity contribution in [3.8, 4) is 5.75 Å². The van der Waals surface area contributed by atoms with Gasteiger partial charge in [0.25, 0.3) is 0 Å². The Hall–Kier alpha value is -2.60. The van der Waals surface area contributed by atoms with E-state index in [4.69, 9.17) is 9.84 Å². The molecule has 25 heavy (non-hydrogen) atoms. The minimum Gasteiger partial charge on any atom is -0.489 e. The molecule has 1 unspecified atom stereocenters. The zero-order valence-electron chi connectivity index (χ0n) is 14.2. The Kier molecular flexibility index (Phi) is 7.22. The fourth-order valence-electron chi connectivity index (χ4n) is 2.27. The van der Waals surface area contributed by atoms with Gasteiger partial charge in [-0.1, -0.05) is 18.2 Å². The van der Waals surface area contributed by atoms with Gasteiger partial charge in [-0.3, -0.25) is 0 Å². The first kappa shape index (κ1) is 18.7. The SMILES string of the molecule is CC(CCCO)NC(=O)Nc1cccc(OCc2ccc(F)cc2)c1. The minimum absolute atomic E-state index is 0.0231. The third-order valence-electron chi connectivity index (χ3n) is 3.58. The molecule has 0 fully saturated rings. The highest BCUT2D eigenvalue weighted by Crippen LogP contribution is 2.18. The zero-order valence-corrected chi connectivity index (χ0v) is 14.2. The van der Waals surface area contributed by atoms with E-state index in [-0.39, 0.29) is 24.5 Å².